The van der Waals surface area contributed by atoms with E-state index in [-0.39, 0.29) is 11.7 Å². The van der Waals surface area contributed by atoms with Crippen molar-refractivity contribution >= 4 is 0 Å². The first-order chi connectivity index (χ1) is 7.14. The van der Waals surface area contributed by atoms with Gasteiger partial charge in [-0.2, -0.15) is 0 Å². The van der Waals surface area contributed by atoms with Crippen LogP contribution in [0.15, 0.2) is 22.8 Å². The van der Waals surface area contributed by atoms with Crippen molar-refractivity contribution in [3.63, 3.8) is 0 Å². The van der Waals surface area contributed by atoms with Crippen LogP contribution in [0.2, 0.25) is 0 Å². The van der Waals surface area contributed by atoms with E-state index in [1.807, 2.05) is 12.1 Å². The molecular weight excluding hydrogens is 190 g/mol. The van der Waals surface area contributed by atoms with Crippen LogP contribution in [0.3, 0.4) is 0 Å². The second-order valence-electron chi connectivity index (χ2n) is 4.53. The van der Waals surface area contributed by atoms with E-state index in [9.17, 15) is 0 Å². The lowest BCUT2D eigenvalue weighted by molar-refractivity contribution is -0.133. The second kappa shape index (κ2) is 3.99. The highest BCUT2D eigenvalue weighted by molar-refractivity contribution is 5.07. The van der Waals surface area contributed by atoms with Crippen molar-refractivity contribution < 1.29 is 9.15 Å². The van der Waals surface area contributed by atoms with E-state index in [2.05, 4.69) is 26.1 Å². The standard InChI is InChI=1S/C12H19NO2/c1-4-12(3)8-13-9(2)11(15-12)10-6-5-7-14-10/h5-7,9,11,13H,4,8H2,1-3H3. The zero-order chi connectivity index (χ0) is 10.9. The molecule has 0 amide bonds. The van der Waals surface area contributed by atoms with Gasteiger partial charge in [-0.05, 0) is 32.4 Å². The van der Waals surface area contributed by atoms with Crippen LogP contribution in [0, 0.1) is 0 Å². The third-order valence-electron chi connectivity index (χ3n) is 3.24. The number of morpholine rings is 1. The fraction of sp³-hybridized carbons (Fsp3) is 0.667. The molecule has 0 saturated carbocycles. The predicted octanol–water partition coefficient (Wildman–Crippen LogP) is 2.50. The Balaban J connectivity index is 2.16. The SMILES string of the molecule is CCC1(C)CNC(C)C(c2ccco2)O1. The van der Waals surface area contributed by atoms with E-state index in [4.69, 9.17) is 9.15 Å². The van der Waals surface area contributed by atoms with Gasteiger partial charge >= 0.3 is 0 Å². The van der Waals surface area contributed by atoms with Gasteiger partial charge in [-0.15, -0.1) is 0 Å². The van der Waals surface area contributed by atoms with Gasteiger partial charge < -0.3 is 14.5 Å². The molecule has 1 fully saturated rings. The zero-order valence-electron chi connectivity index (χ0n) is 9.62. The summed E-state index contributed by atoms with van der Waals surface area (Å²) in [5.74, 6) is 0.911. The Hall–Kier alpha value is -0.800. The lowest BCUT2D eigenvalue weighted by Crippen LogP contribution is -2.52. The number of hydrogen-bond donors (Lipinski definition) is 1. The fourth-order valence-corrected chi connectivity index (χ4v) is 1.90. The van der Waals surface area contributed by atoms with Gasteiger partial charge in [0.1, 0.15) is 11.9 Å². The van der Waals surface area contributed by atoms with Crippen LogP contribution in [0.1, 0.15) is 39.1 Å². The average molecular weight is 209 g/mol. The summed E-state index contributed by atoms with van der Waals surface area (Å²) in [6, 6.07) is 4.18. The van der Waals surface area contributed by atoms with Gasteiger partial charge in [0.05, 0.1) is 11.9 Å². The van der Waals surface area contributed by atoms with Crippen LogP contribution >= 0.6 is 0 Å². The summed E-state index contributed by atoms with van der Waals surface area (Å²) in [6.07, 6.45) is 2.73. The molecule has 1 saturated heterocycles. The van der Waals surface area contributed by atoms with E-state index in [1.54, 1.807) is 6.26 Å². The van der Waals surface area contributed by atoms with Gasteiger partial charge in [-0.25, -0.2) is 0 Å². The number of furan rings is 1. The largest absolute Gasteiger partial charge is 0.467 e. The maximum Gasteiger partial charge on any atom is 0.134 e. The Labute approximate surface area is 90.8 Å². The average Bonchev–Trinajstić information content (AvgIpc) is 2.75. The summed E-state index contributed by atoms with van der Waals surface area (Å²) in [5, 5.41) is 3.48. The minimum absolute atomic E-state index is 0.0266. The highest BCUT2D eigenvalue weighted by atomic mass is 16.5. The molecule has 1 aromatic heterocycles. The van der Waals surface area contributed by atoms with Crippen LogP contribution in [0.4, 0.5) is 0 Å². The van der Waals surface area contributed by atoms with Crippen LogP contribution in [0.5, 0.6) is 0 Å². The Morgan fingerprint density at radius 3 is 3.00 bits per heavy atom. The normalized spacial score (nSPS) is 36.7. The van der Waals surface area contributed by atoms with Gasteiger partial charge in [0.15, 0.2) is 0 Å². The maximum absolute atomic E-state index is 6.12. The molecule has 3 nitrogen and oxygen atoms in total. The molecular formula is C12H19NO2. The monoisotopic (exact) mass is 209 g/mol. The molecule has 0 aromatic carbocycles. The molecule has 1 aliphatic rings. The summed E-state index contributed by atoms with van der Waals surface area (Å²) in [4.78, 5) is 0. The van der Waals surface area contributed by atoms with E-state index in [1.165, 1.54) is 0 Å². The zero-order valence-corrected chi connectivity index (χ0v) is 9.62. The van der Waals surface area contributed by atoms with Crippen LogP contribution < -0.4 is 5.32 Å². The molecule has 2 heterocycles. The van der Waals surface area contributed by atoms with Crippen molar-refractivity contribution in [1.82, 2.24) is 5.32 Å². The van der Waals surface area contributed by atoms with Crippen LogP contribution in [0.25, 0.3) is 0 Å². The molecule has 1 N–H and O–H groups in total. The molecule has 0 bridgehead atoms. The van der Waals surface area contributed by atoms with Crippen molar-refractivity contribution in [3.05, 3.63) is 24.2 Å². The smallest absolute Gasteiger partial charge is 0.134 e. The quantitative estimate of drug-likeness (QED) is 0.812. The molecule has 15 heavy (non-hydrogen) atoms. The first-order valence-corrected chi connectivity index (χ1v) is 5.59. The molecule has 84 valence electrons. The maximum atomic E-state index is 6.12. The fourth-order valence-electron chi connectivity index (χ4n) is 1.90. The Bertz CT molecular complexity index is 309. The predicted molar refractivity (Wildman–Crippen MR) is 58.7 cm³/mol. The van der Waals surface area contributed by atoms with Crippen molar-refractivity contribution in [2.24, 2.45) is 0 Å². The van der Waals surface area contributed by atoms with E-state index in [0.717, 1.165) is 18.7 Å². The van der Waals surface area contributed by atoms with Gasteiger partial charge in [0, 0.05) is 12.6 Å². The molecule has 1 aliphatic heterocycles. The molecule has 3 heteroatoms. The van der Waals surface area contributed by atoms with Crippen molar-refractivity contribution in [2.75, 3.05) is 6.54 Å². The van der Waals surface area contributed by atoms with E-state index in [0.29, 0.717) is 6.04 Å². The van der Waals surface area contributed by atoms with E-state index >= 15 is 0 Å². The molecule has 0 spiro atoms. The highest BCUT2D eigenvalue weighted by Gasteiger charge is 2.37. The molecule has 3 unspecified atom stereocenters. The topological polar surface area (TPSA) is 34.4 Å². The van der Waals surface area contributed by atoms with Crippen molar-refractivity contribution in [3.8, 4) is 0 Å². The third kappa shape index (κ3) is 2.08. The summed E-state index contributed by atoms with van der Waals surface area (Å²) in [7, 11) is 0. The molecule has 0 radical (unpaired) electrons. The molecule has 3 atom stereocenters. The van der Waals surface area contributed by atoms with Crippen molar-refractivity contribution in [2.45, 2.75) is 44.9 Å². The minimum Gasteiger partial charge on any atom is -0.467 e. The van der Waals surface area contributed by atoms with Crippen molar-refractivity contribution in [1.29, 1.82) is 0 Å². The van der Waals surface area contributed by atoms with E-state index < -0.39 is 0 Å². The first-order valence-electron chi connectivity index (χ1n) is 5.59. The Morgan fingerprint density at radius 2 is 2.40 bits per heavy atom. The molecule has 0 aliphatic carbocycles. The van der Waals surface area contributed by atoms with Gasteiger partial charge in [0.25, 0.3) is 0 Å². The second-order valence-corrected chi connectivity index (χ2v) is 4.53. The van der Waals surface area contributed by atoms with Gasteiger partial charge in [0.2, 0.25) is 0 Å². The summed E-state index contributed by atoms with van der Waals surface area (Å²) in [6.45, 7) is 7.32. The number of hydrogen-bond acceptors (Lipinski definition) is 3. The van der Waals surface area contributed by atoms with Gasteiger partial charge in [-0.3, -0.25) is 0 Å². The third-order valence-corrected chi connectivity index (χ3v) is 3.24. The highest BCUT2D eigenvalue weighted by Crippen LogP contribution is 2.32. The lowest BCUT2D eigenvalue weighted by atomic mass is 9.97. The summed E-state index contributed by atoms with van der Waals surface area (Å²) < 4.78 is 11.5. The van der Waals surface area contributed by atoms with Crippen LogP contribution in [-0.4, -0.2) is 18.2 Å². The first kappa shape index (κ1) is 10.7. The van der Waals surface area contributed by atoms with Crippen LogP contribution in [-0.2, 0) is 4.74 Å². The minimum atomic E-state index is -0.0794. The lowest BCUT2D eigenvalue weighted by Gasteiger charge is -2.41. The molecule has 1 aromatic rings. The number of nitrogens with one attached hydrogen (secondary N) is 1. The summed E-state index contributed by atoms with van der Waals surface area (Å²) >= 11 is 0. The Morgan fingerprint density at radius 1 is 1.60 bits per heavy atom. The number of rotatable bonds is 2. The van der Waals surface area contributed by atoms with Gasteiger partial charge in [-0.1, -0.05) is 6.92 Å². The Kier molecular flexibility index (Phi) is 2.85. The molecule has 2 rings (SSSR count). The summed E-state index contributed by atoms with van der Waals surface area (Å²) in [5.41, 5.74) is -0.0794. The number of ether oxygens (including phenoxy) is 1.